The van der Waals surface area contributed by atoms with Crippen LogP contribution in [0, 0.1) is 0 Å². The van der Waals surface area contributed by atoms with E-state index in [2.05, 4.69) is 10.2 Å². The summed E-state index contributed by atoms with van der Waals surface area (Å²) in [5.41, 5.74) is 0.651. The third-order valence-corrected chi connectivity index (χ3v) is 3.72. The van der Waals surface area contributed by atoms with E-state index in [1.54, 1.807) is 32.4 Å². The minimum Gasteiger partial charge on any atom is -0.497 e. The van der Waals surface area contributed by atoms with Gasteiger partial charge in [-0.2, -0.15) is 0 Å². The van der Waals surface area contributed by atoms with Crippen molar-refractivity contribution in [1.82, 2.24) is 4.90 Å². The number of carboxylic acid groups (broad SMARTS) is 2. The normalized spacial score (nSPS) is 13.3. The lowest BCUT2D eigenvalue weighted by Gasteiger charge is -2.15. The molecular weight excluding hydrogens is 344 g/mol. The largest absolute Gasteiger partial charge is 0.497 e. The Bertz CT molecular complexity index is 616. The lowest BCUT2D eigenvalue weighted by atomic mass is 10.2. The number of likely N-dealkylation sites (tertiary alicyclic amines) is 1. The molecule has 9 heteroatoms. The van der Waals surface area contributed by atoms with E-state index in [9.17, 15) is 4.79 Å². The topological polar surface area (TPSA) is 125 Å². The predicted molar refractivity (Wildman–Crippen MR) is 93.7 cm³/mol. The predicted octanol–water partition coefficient (Wildman–Crippen LogP) is 1.28. The second-order valence-electron chi connectivity index (χ2n) is 5.52. The number of carboxylic acids is 2. The van der Waals surface area contributed by atoms with E-state index in [1.807, 2.05) is 0 Å². The van der Waals surface area contributed by atoms with E-state index in [-0.39, 0.29) is 5.91 Å². The Morgan fingerprint density at radius 1 is 1.08 bits per heavy atom. The summed E-state index contributed by atoms with van der Waals surface area (Å²) in [6.07, 6.45) is 2.98. The highest BCUT2D eigenvalue weighted by molar-refractivity contribution is 6.27. The fourth-order valence-electron chi connectivity index (χ4n) is 2.39. The van der Waals surface area contributed by atoms with E-state index >= 15 is 0 Å². The first-order valence-corrected chi connectivity index (χ1v) is 8.07. The first-order chi connectivity index (χ1) is 12.4. The maximum absolute atomic E-state index is 12.0. The molecule has 1 aliphatic rings. The number of methoxy groups -OCH3 is 2. The van der Waals surface area contributed by atoms with Gasteiger partial charge in [0.15, 0.2) is 0 Å². The van der Waals surface area contributed by atoms with Crippen LogP contribution in [0.4, 0.5) is 5.69 Å². The maximum atomic E-state index is 12.0. The number of anilines is 1. The summed E-state index contributed by atoms with van der Waals surface area (Å²) >= 11 is 0. The average molecular weight is 368 g/mol. The Morgan fingerprint density at radius 2 is 1.69 bits per heavy atom. The van der Waals surface area contributed by atoms with Gasteiger partial charge in [0.05, 0.1) is 19.9 Å². The lowest BCUT2D eigenvalue weighted by molar-refractivity contribution is -0.159. The maximum Gasteiger partial charge on any atom is 0.414 e. The van der Waals surface area contributed by atoms with Gasteiger partial charge in [0.2, 0.25) is 5.91 Å². The van der Waals surface area contributed by atoms with Gasteiger partial charge in [0.25, 0.3) is 0 Å². The van der Waals surface area contributed by atoms with Gasteiger partial charge in [-0.25, -0.2) is 9.59 Å². The van der Waals surface area contributed by atoms with Gasteiger partial charge in [-0.15, -0.1) is 0 Å². The zero-order valence-electron chi connectivity index (χ0n) is 14.9. The summed E-state index contributed by atoms with van der Waals surface area (Å²) in [4.78, 5) is 32.5. The summed E-state index contributed by atoms with van der Waals surface area (Å²) in [5, 5.41) is 17.7. The number of carbonyl (C=O) groups excluding carboxylic acids is 1. The summed E-state index contributed by atoms with van der Waals surface area (Å²) in [6, 6.07) is 5.36. The molecule has 0 saturated carbocycles. The zero-order chi connectivity index (χ0) is 19.5. The van der Waals surface area contributed by atoms with Crippen LogP contribution in [0.3, 0.4) is 0 Å². The molecule has 0 atom stereocenters. The second kappa shape index (κ2) is 10.9. The van der Waals surface area contributed by atoms with Gasteiger partial charge in [-0.05, 0) is 38.1 Å². The summed E-state index contributed by atoms with van der Waals surface area (Å²) < 4.78 is 10.4. The quantitative estimate of drug-likeness (QED) is 0.641. The number of nitrogens with zero attached hydrogens (tertiary/aromatic N) is 1. The van der Waals surface area contributed by atoms with Crippen LogP contribution >= 0.6 is 0 Å². The molecule has 9 nitrogen and oxygen atoms in total. The molecule has 2 rings (SSSR count). The summed E-state index contributed by atoms with van der Waals surface area (Å²) in [6.45, 7) is 3.03. The number of rotatable bonds is 6. The molecule has 0 unspecified atom stereocenters. The van der Waals surface area contributed by atoms with Crippen LogP contribution in [0.5, 0.6) is 11.5 Å². The highest BCUT2D eigenvalue weighted by atomic mass is 16.5. The SMILES string of the molecule is COc1ccc(OC)c(NC(=O)CCN2CCCC2)c1.O=C(O)C(=O)O. The van der Waals surface area contributed by atoms with Crippen molar-refractivity contribution in [2.75, 3.05) is 39.2 Å². The third kappa shape index (κ3) is 7.39. The molecular formula is C17H24N2O7. The molecule has 1 aromatic carbocycles. The van der Waals surface area contributed by atoms with Crippen molar-refractivity contribution in [2.24, 2.45) is 0 Å². The van der Waals surface area contributed by atoms with Crippen molar-refractivity contribution < 1.29 is 34.1 Å². The van der Waals surface area contributed by atoms with E-state index in [0.29, 0.717) is 23.6 Å². The summed E-state index contributed by atoms with van der Waals surface area (Å²) in [5.74, 6) is -2.31. The molecule has 0 spiro atoms. The van der Waals surface area contributed by atoms with Crippen LogP contribution in [0.15, 0.2) is 18.2 Å². The monoisotopic (exact) mass is 368 g/mol. The van der Waals surface area contributed by atoms with Gasteiger partial charge in [0.1, 0.15) is 11.5 Å². The van der Waals surface area contributed by atoms with Crippen LogP contribution in [0.1, 0.15) is 19.3 Å². The first kappa shape index (κ1) is 21.2. The third-order valence-electron chi connectivity index (χ3n) is 3.72. The molecule has 0 aliphatic carbocycles. The van der Waals surface area contributed by atoms with Gasteiger partial charge >= 0.3 is 11.9 Å². The smallest absolute Gasteiger partial charge is 0.414 e. The first-order valence-electron chi connectivity index (χ1n) is 8.07. The van der Waals surface area contributed by atoms with Crippen molar-refractivity contribution in [1.29, 1.82) is 0 Å². The Hall–Kier alpha value is -2.81. The number of hydrogen-bond donors (Lipinski definition) is 3. The van der Waals surface area contributed by atoms with E-state index in [1.165, 1.54) is 12.8 Å². The molecule has 3 N–H and O–H groups in total. The molecule has 1 aliphatic heterocycles. The highest BCUT2D eigenvalue weighted by Crippen LogP contribution is 2.28. The molecule has 144 valence electrons. The summed E-state index contributed by atoms with van der Waals surface area (Å²) in [7, 11) is 3.18. The van der Waals surface area contributed by atoms with Crippen LogP contribution in [-0.2, 0) is 14.4 Å². The number of aliphatic carboxylic acids is 2. The average Bonchev–Trinajstić information content (AvgIpc) is 3.14. The minimum atomic E-state index is -1.82. The van der Waals surface area contributed by atoms with Crippen molar-refractivity contribution >= 4 is 23.5 Å². The Labute approximate surface area is 151 Å². The molecule has 26 heavy (non-hydrogen) atoms. The number of benzene rings is 1. The standard InChI is InChI=1S/C15H22N2O3.C2H2O4/c1-19-12-5-6-14(20-2)13(11-12)16-15(18)7-10-17-8-3-4-9-17;3-1(4)2(5)6/h5-6,11H,3-4,7-10H2,1-2H3,(H,16,18);(H,3,4)(H,5,6). The number of hydrogen-bond acceptors (Lipinski definition) is 6. The van der Waals surface area contributed by atoms with E-state index < -0.39 is 11.9 Å². The van der Waals surface area contributed by atoms with Crippen LogP contribution in [0.2, 0.25) is 0 Å². The van der Waals surface area contributed by atoms with Crippen molar-refractivity contribution in [3.05, 3.63) is 18.2 Å². The number of carbonyl (C=O) groups is 3. The van der Waals surface area contributed by atoms with Gasteiger partial charge in [-0.3, -0.25) is 4.79 Å². The molecule has 1 saturated heterocycles. The molecule has 1 amide bonds. The molecule has 0 radical (unpaired) electrons. The van der Waals surface area contributed by atoms with Gasteiger partial charge in [-0.1, -0.05) is 0 Å². The fourth-order valence-corrected chi connectivity index (χ4v) is 2.39. The van der Waals surface area contributed by atoms with Crippen molar-refractivity contribution in [2.45, 2.75) is 19.3 Å². The molecule has 1 heterocycles. The van der Waals surface area contributed by atoms with Crippen molar-refractivity contribution in [3.8, 4) is 11.5 Å². The molecule has 0 aromatic heterocycles. The number of nitrogens with one attached hydrogen (secondary N) is 1. The fraction of sp³-hybridized carbons (Fsp3) is 0.471. The highest BCUT2D eigenvalue weighted by Gasteiger charge is 2.14. The Morgan fingerprint density at radius 3 is 2.19 bits per heavy atom. The van der Waals surface area contributed by atoms with Crippen LogP contribution in [-0.4, -0.2) is 66.8 Å². The second-order valence-corrected chi connectivity index (χ2v) is 5.52. The number of amides is 1. The molecule has 1 fully saturated rings. The number of ether oxygens (including phenoxy) is 2. The van der Waals surface area contributed by atoms with Crippen LogP contribution in [0.25, 0.3) is 0 Å². The van der Waals surface area contributed by atoms with E-state index in [4.69, 9.17) is 29.3 Å². The van der Waals surface area contributed by atoms with Gasteiger partial charge in [0, 0.05) is 19.0 Å². The minimum absolute atomic E-state index is 0.00320. The van der Waals surface area contributed by atoms with E-state index in [0.717, 1.165) is 19.6 Å². The molecule has 1 aromatic rings. The van der Waals surface area contributed by atoms with Gasteiger partial charge < -0.3 is 29.9 Å². The Kier molecular flexibility index (Phi) is 8.93. The zero-order valence-corrected chi connectivity index (χ0v) is 14.9. The van der Waals surface area contributed by atoms with Crippen LogP contribution < -0.4 is 14.8 Å². The molecule has 0 bridgehead atoms. The Balaban J connectivity index is 0.000000487. The lowest BCUT2D eigenvalue weighted by Crippen LogP contribution is -2.25. The van der Waals surface area contributed by atoms with Crippen molar-refractivity contribution in [3.63, 3.8) is 0 Å².